The minimum atomic E-state index is -1.06. The molecule has 0 saturated carbocycles. The van der Waals surface area contributed by atoms with E-state index in [9.17, 15) is 4.79 Å². The molecule has 1 aromatic carbocycles. The van der Waals surface area contributed by atoms with Gasteiger partial charge >= 0.3 is 5.97 Å². The van der Waals surface area contributed by atoms with E-state index in [-0.39, 0.29) is 5.69 Å². The molecule has 0 amide bonds. The van der Waals surface area contributed by atoms with Gasteiger partial charge in [0.05, 0.1) is 37.8 Å². The van der Waals surface area contributed by atoms with E-state index in [0.29, 0.717) is 11.4 Å². The number of carboxylic acid groups (broad SMARTS) is 1. The lowest BCUT2D eigenvalue weighted by Gasteiger charge is -2.09. The first-order valence-corrected chi connectivity index (χ1v) is 6.89. The summed E-state index contributed by atoms with van der Waals surface area (Å²) in [7, 11) is 0. The number of carbonyl (C=O) groups is 1. The standard InChI is InChI=1S/C12H10N2O2.C4H8O2/c13-9-6-7-10(12(15)16)14-11(9)8-4-2-1-3-5-8;1-2-6-4-3-5-1/h1-7H,13H2,(H,15,16);1-4H2. The Morgan fingerprint density at radius 2 is 1.59 bits per heavy atom. The normalized spacial score (nSPS) is 13.8. The maximum atomic E-state index is 10.8. The lowest BCUT2D eigenvalue weighted by atomic mass is 10.1. The van der Waals surface area contributed by atoms with Gasteiger partial charge in [0, 0.05) is 5.56 Å². The molecule has 0 aliphatic carbocycles. The van der Waals surface area contributed by atoms with Gasteiger partial charge in [-0.3, -0.25) is 0 Å². The molecule has 6 nitrogen and oxygen atoms in total. The van der Waals surface area contributed by atoms with Gasteiger partial charge in [-0.1, -0.05) is 30.3 Å². The van der Waals surface area contributed by atoms with Crippen LogP contribution in [0.25, 0.3) is 11.3 Å². The maximum absolute atomic E-state index is 10.8. The zero-order valence-corrected chi connectivity index (χ0v) is 12.1. The number of benzene rings is 1. The van der Waals surface area contributed by atoms with Crippen molar-refractivity contribution in [1.29, 1.82) is 0 Å². The van der Waals surface area contributed by atoms with Crippen molar-refractivity contribution in [2.45, 2.75) is 0 Å². The highest BCUT2D eigenvalue weighted by molar-refractivity contribution is 5.87. The zero-order valence-electron chi connectivity index (χ0n) is 12.1. The van der Waals surface area contributed by atoms with E-state index in [1.807, 2.05) is 30.3 Å². The van der Waals surface area contributed by atoms with Gasteiger partial charge in [0.25, 0.3) is 0 Å². The Morgan fingerprint density at radius 1 is 1.00 bits per heavy atom. The average Bonchev–Trinajstić information content (AvgIpc) is 2.58. The molecule has 1 aliphatic rings. The fraction of sp³-hybridized carbons (Fsp3) is 0.250. The minimum Gasteiger partial charge on any atom is -0.477 e. The van der Waals surface area contributed by atoms with Gasteiger partial charge in [0.1, 0.15) is 5.69 Å². The van der Waals surface area contributed by atoms with Gasteiger partial charge in [-0.15, -0.1) is 0 Å². The van der Waals surface area contributed by atoms with Crippen molar-refractivity contribution in [3.05, 3.63) is 48.2 Å². The van der Waals surface area contributed by atoms with Crippen LogP contribution in [0.5, 0.6) is 0 Å². The molecular weight excluding hydrogens is 284 g/mol. The number of nitrogen functional groups attached to an aromatic ring is 1. The van der Waals surface area contributed by atoms with E-state index >= 15 is 0 Å². The lowest BCUT2D eigenvalue weighted by molar-refractivity contribution is -0.0334. The van der Waals surface area contributed by atoms with E-state index in [2.05, 4.69) is 4.98 Å². The molecule has 1 aliphatic heterocycles. The summed E-state index contributed by atoms with van der Waals surface area (Å²) in [5.41, 5.74) is 7.54. The molecule has 0 radical (unpaired) electrons. The maximum Gasteiger partial charge on any atom is 0.354 e. The number of pyridine rings is 1. The molecule has 0 atom stereocenters. The summed E-state index contributed by atoms with van der Waals surface area (Å²) < 4.78 is 9.89. The molecule has 3 rings (SSSR count). The van der Waals surface area contributed by atoms with Gasteiger partial charge in [-0.25, -0.2) is 9.78 Å². The number of anilines is 1. The summed E-state index contributed by atoms with van der Waals surface area (Å²) in [5.74, 6) is -1.06. The van der Waals surface area contributed by atoms with Crippen LogP contribution in [-0.2, 0) is 9.47 Å². The van der Waals surface area contributed by atoms with E-state index in [1.165, 1.54) is 6.07 Å². The molecule has 0 bridgehead atoms. The summed E-state index contributed by atoms with van der Waals surface area (Å²) in [4.78, 5) is 14.8. The van der Waals surface area contributed by atoms with Crippen molar-refractivity contribution in [1.82, 2.24) is 4.98 Å². The van der Waals surface area contributed by atoms with Crippen LogP contribution in [0.3, 0.4) is 0 Å². The van der Waals surface area contributed by atoms with Crippen molar-refractivity contribution in [3.63, 3.8) is 0 Å². The van der Waals surface area contributed by atoms with Gasteiger partial charge in [0.15, 0.2) is 0 Å². The second-order valence-corrected chi connectivity index (χ2v) is 4.53. The Labute approximate surface area is 128 Å². The zero-order chi connectivity index (χ0) is 15.8. The number of carboxylic acids is 1. The number of aromatic carboxylic acids is 1. The number of hydrogen-bond donors (Lipinski definition) is 2. The second kappa shape index (κ2) is 8.11. The van der Waals surface area contributed by atoms with Crippen molar-refractivity contribution in [2.24, 2.45) is 0 Å². The van der Waals surface area contributed by atoms with Gasteiger partial charge in [0.2, 0.25) is 0 Å². The number of rotatable bonds is 2. The number of hydrogen-bond acceptors (Lipinski definition) is 5. The third-order valence-electron chi connectivity index (χ3n) is 2.94. The highest BCUT2D eigenvalue weighted by atomic mass is 16.6. The molecule has 6 heteroatoms. The van der Waals surface area contributed by atoms with Crippen LogP contribution in [0.1, 0.15) is 10.5 Å². The summed E-state index contributed by atoms with van der Waals surface area (Å²) in [5, 5.41) is 8.84. The highest BCUT2D eigenvalue weighted by Crippen LogP contribution is 2.23. The molecule has 1 saturated heterocycles. The van der Waals surface area contributed by atoms with Crippen LogP contribution in [0.2, 0.25) is 0 Å². The fourth-order valence-corrected chi connectivity index (χ4v) is 1.86. The molecule has 22 heavy (non-hydrogen) atoms. The van der Waals surface area contributed by atoms with E-state index < -0.39 is 5.97 Å². The first kappa shape index (κ1) is 15.9. The predicted octanol–water partition coefficient (Wildman–Crippen LogP) is 2.06. The molecule has 0 spiro atoms. The molecule has 2 aromatic rings. The van der Waals surface area contributed by atoms with E-state index in [1.54, 1.807) is 6.07 Å². The summed E-state index contributed by atoms with van der Waals surface area (Å²) in [6.45, 7) is 3.11. The van der Waals surface area contributed by atoms with Crippen LogP contribution < -0.4 is 5.73 Å². The van der Waals surface area contributed by atoms with Crippen LogP contribution in [-0.4, -0.2) is 42.5 Å². The fourth-order valence-electron chi connectivity index (χ4n) is 1.86. The largest absolute Gasteiger partial charge is 0.477 e. The first-order valence-electron chi connectivity index (χ1n) is 6.89. The molecule has 1 aromatic heterocycles. The summed E-state index contributed by atoms with van der Waals surface area (Å²) in [6.07, 6.45) is 0. The first-order chi connectivity index (χ1) is 10.7. The van der Waals surface area contributed by atoms with Crippen LogP contribution in [0, 0.1) is 0 Å². The summed E-state index contributed by atoms with van der Waals surface area (Å²) >= 11 is 0. The Bertz CT molecular complexity index is 601. The van der Waals surface area contributed by atoms with Gasteiger partial charge in [-0.05, 0) is 12.1 Å². The predicted molar refractivity (Wildman–Crippen MR) is 82.7 cm³/mol. The summed E-state index contributed by atoms with van der Waals surface area (Å²) in [6, 6.07) is 12.2. The smallest absolute Gasteiger partial charge is 0.354 e. The van der Waals surface area contributed by atoms with E-state index in [0.717, 1.165) is 32.0 Å². The molecular formula is C16H18N2O4. The third-order valence-corrected chi connectivity index (χ3v) is 2.94. The molecule has 0 unspecified atom stereocenters. The Balaban J connectivity index is 0.000000246. The number of nitrogens with zero attached hydrogens (tertiary/aromatic N) is 1. The Morgan fingerprint density at radius 3 is 2.09 bits per heavy atom. The second-order valence-electron chi connectivity index (χ2n) is 4.53. The topological polar surface area (TPSA) is 94.7 Å². The number of nitrogens with two attached hydrogens (primary N) is 1. The van der Waals surface area contributed by atoms with Crippen molar-refractivity contribution in [2.75, 3.05) is 32.2 Å². The van der Waals surface area contributed by atoms with E-state index in [4.69, 9.17) is 20.3 Å². The highest BCUT2D eigenvalue weighted by Gasteiger charge is 2.09. The Kier molecular flexibility index (Phi) is 5.88. The van der Waals surface area contributed by atoms with Crippen LogP contribution in [0.15, 0.2) is 42.5 Å². The third kappa shape index (κ3) is 4.54. The number of aromatic nitrogens is 1. The molecule has 116 valence electrons. The Hall–Kier alpha value is -2.44. The van der Waals surface area contributed by atoms with Gasteiger partial charge in [-0.2, -0.15) is 0 Å². The monoisotopic (exact) mass is 302 g/mol. The van der Waals surface area contributed by atoms with Crippen LogP contribution >= 0.6 is 0 Å². The van der Waals surface area contributed by atoms with Crippen molar-refractivity contribution < 1.29 is 19.4 Å². The molecule has 1 fully saturated rings. The lowest BCUT2D eigenvalue weighted by Crippen LogP contribution is -2.16. The minimum absolute atomic E-state index is 0.00643. The average molecular weight is 302 g/mol. The van der Waals surface area contributed by atoms with Gasteiger partial charge < -0.3 is 20.3 Å². The SMILES string of the molecule is C1COCCO1.Nc1ccc(C(=O)O)nc1-c1ccccc1. The number of ether oxygens (including phenoxy) is 2. The quantitative estimate of drug-likeness (QED) is 0.881. The van der Waals surface area contributed by atoms with Crippen molar-refractivity contribution in [3.8, 4) is 11.3 Å². The van der Waals surface area contributed by atoms with Crippen LogP contribution in [0.4, 0.5) is 5.69 Å². The molecule has 2 heterocycles. The molecule has 3 N–H and O–H groups in total. The van der Waals surface area contributed by atoms with Crippen molar-refractivity contribution >= 4 is 11.7 Å².